The monoisotopic (exact) mass is 271 g/mol. The Balaban J connectivity index is 1.82. The lowest BCUT2D eigenvalue weighted by Crippen LogP contribution is -2.09. The van der Waals surface area contributed by atoms with Crippen LogP contribution in [0.4, 0.5) is 0 Å². The maximum atomic E-state index is 2.58. The van der Waals surface area contributed by atoms with Crippen molar-refractivity contribution in [3.05, 3.63) is 77.0 Å². The molecule has 102 valence electrons. The van der Waals surface area contributed by atoms with Gasteiger partial charge in [0.2, 0.25) is 0 Å². The second-order valence-corrected chi connectivity index (χ2v) is 6.10. The number of nitrogens with zero attached hydrogens (tertiary/aromatic N) is 1. The minimum atomic E-state index is 0.368. The van der Waals surface area contributed by atoms with Gasteiger partial charge in [-0.2, -0.15) is 0 Å². The van der Waals surface area contributed by atoms with Crippen molar-refractivity contribution in [3.8, 4) is 0 Å². The summed E-state index contributed by atoms with van der Waals surface area (Å²) < 4.78 is 2.58. The van der Waals surface area contributed by atoms with Crippen molar-refractivity contribution in [2.75, 3.05) is 0 Å². The van der Waals surface area contributed by atoms with Crippen LogP contribution in [0.5, 0.6) is 0 Å². The van der Waals surface area contributed by atoms with Crippen LogP contribution in [0.15, 0.2) is 54.6 Å². The van der Waals surface area contributed by atoms with Crippen molar-refractivity contribution >= 4 is 17.0 Å². The highest BCUT2D eigenvalue weighted by molar-refractivity contribution is 5.87. The molecule has 0 saturated heterocycles. The summed E-state index contributed by atoms with van der Waals surface area (Å²) >= 11 is 0. The van der Waals surface area contributed by atoms with Crippen molar-refractivity contribution in [2.45, 2.75) is 25.3 Å². The van der Waals surface area contributed by atoms with Crippen molar-refractivity contribution in [1.82, 2.24) is 4.57 Å². The first kappa shape index (κ1) is 11.4. The minimum absolute atomic E-state index is 0.368. The predicted molar refractivity (Wildman–Crippen MR) is 87.6 cm³/mol. The number of hydrogen-bond donors (Lipinski definition) is 0. The standard InChI is InChI=1S/C20H17N/c1-2-7-15-14(6-1)12-13-20(15)21-18-10-4-3-8-16(18)17-9-5-11-19(17)21/h1-4,6-8,10,12-13,20H,5,9,11H2. The van der Waals surface area contributed by atoms with Gasteiger partial charge in [0.25, 0.3) is 0 Å². The molecular weight excluding hydrogens is 254 g/mol. The van der Waals surface area contributed by atoms with Gasteiger partial charge in [-0.05, 0) is 42.0 Å². The van der Waals surface area contributed by atoms with E-state index >= 15 is 0 Å². The average Bonchev–Trinajstić information content (AvgIpc) is 3.21. The lowest BCUT2D eigenvalue weighted by atomic mass is 10.1. The Morgan fingerprint density at radius 2 is 1.76 bits per heavy atom. The van der Waals surface area contributed by atoms with E-state index in [1.807, 2.05) is 0 Å². The van der Waals surface area contributed by atoms with Gasteiger partial charge in [0.15, 0.2) is 0 Å². The molecule has 1 nitrogen and oxygen atoms in total. The quantitative estimate of drug-likeness (QED) is 0.602. The summed E-state index contributed by atoms with van der Waals surface area (Å²) in [4.78, 5) is 0. The van der Waals surface area contributed by atoms with Crippen LogP contribution in [0, 0.1) is 0 Å². The highest BCUT2D eigenvalue weighted by atomic mass is 15.0. The fraction of sp³-hybridized carbons (Fsp3) is 0.200. The minimum Gasteiger partial charge on any atom is -0.333 e. The van der Waals surface area contributed by atoms with Crippen LogP contribution in [-0.4, -0.2) is 4.57 Å². The zero-order chi connectivity index (χ0) is 13.8. The number of rotatable bonds is 1. The molecular formula is C20H17N. The van der Waals surface area contributed by atoms with E-state index in [4.69, 9.17) is 0 Å². The van der Waals surface area contributed by atoms with Crippen LogP contribution in [0.1, 0.15) is 34.8 Å². The van der Waals surface area contributed by atoms with Crippen molar-refractivity contribution < 1.29 is 0 Å². The lowest BCUT2D eigenvalue weighted by Gasteiger charge is -2.18. The average molecular weight is 271 g/mol. The van der Waals surface area contributed by atoms with E-state index < -0.39 is 0 Å². The molecule has 2 aliphatic carbocycles. The zero-order valence-corrected chi connectivity index (χ0v) is 11.9. The summed E-state index contributed by atoms with van der Waals surface area (Å²) in [5.74, 6) is 0. The maximum absolute atomic E-state index is 2.58. The van der Waals surface area contributed by atoms with E-state index in [1.165, 1.54) is 41.3 Å². The number of allylic oxidation sites excluding steroid dienone is 1. The van der Waals surface area contributed by atoms with Crippen LogP contribution in [-0.2, 0) is 12.8 Å². The normalized spacial score (nSPS) is 19.1. The van der Waals surface area contributed by atoms with Crippen molar-refractivity contribution in [1.29, 1.82) is 0 Å². The van der Waals surface area contributed by atoms with E-state index in [-0.39, 0.29) is 0 Å². The summed E-state index contributed by atoms with van der Waals surface area (Å²) in [6.07, 6.45) is 8.39. The van der Waals surface area contributed by atoms with Crippen molar-refractivity contribution in [2.24, 2.45) is 0 Å². The molecule has 0 amide bonds. The Morgan fingerprint density at radius 3 is 2.76 bits per heavy atom. The Hall–Kier alpha value is -2.28. The molecule has 1 unspecified atom stereocenters. The second kappa shape index (κ2) is 4.11. The maximum Gasteiger partial charge on any atom is 0.0781 e. The molecule has 1 heteroatoms. The SMILES string of the molecule is C1=CC(n2c3c(c4ccccc42)CCC3)c2ccccc21. The third kappa shape index (κ3) is 1.46. The largest absolute Gasteiger partial charge is 0.333 e. The number of aryl methyl sites for hydroxylation is 1. The first-order valence-electron chi connectivity index (χ1n) is 7.81. The first-order chi connectivity index (χ1) is 10.4. The first-order valence-corrected chi connectivity index (χ1v) is 7.81. The van der Waals surface area contributed by atoms with Crippen LogP contribution < -0.4 is 0 Å². The van der Waals surface area contributed by atoms with Gasteiger partial charge >= 0.3 is 0 Å². The molecule has 1 aromatic heterocycles. The number of para-hydroxylation sites is 1. The highest BCUT2D eigenvalue weighted by Crippen LogP contribution is 2.40. The van der Waals surface area contributed by atoms with E-state index in [0.29, 0.717) is 6.04 Å². The molecule has 0 fully saturated rings. The molecule has 5 rings (SSSR count). The Kier molecular flexibility index (Phi) is 2.23. The number of fused-ring (bicyclic) bond motifs is 4. The summed E-state index contributed by atoms with van der Waals surface area (Å²) in [5, 5.41) is 1.46. The van der Waals surface area contributed by atoms with Gasteiger partial charge in [-0.15, -0.1) is 0 Å². The van der Waals surface area contributed by atoms with Crippen LogP contribution in [0.3, 0.4) is 0 Å². The van der Waals surface area contributed by atoms with Gasteiger partial charge < -0.3 is 4.57 Å². The number of benzene rings is 2. The molecule has 0 bridgehead atoms. The van der Waals surface area contributed by atoms with Crippen LogP contribution in [0.2, 0.25) is 0 Å². The third-order valence-electron chi connectivity index (χ3n) is 5.02. The summed E-state index contributed by atoms with van der Waals surface area (Å²) in [6, 6.07) is 18.1. The van der Waals surface area contributed by atoms with Gasteiger partial charge in [-0.1, -0.05) is 54.6 Å². The molecule has 1 heterocycles. The van der Waals surface area contributed by atoms with Crippen LogP contribution >= 0.6 is 0 Å². The third-order valence-corrected chi connectivity index (χ3v) is 5.02. The summed E-state index contributed by atoms with van der Waals surface area (Å²) in [5.41, 5.74) is 7.35. The fourth-order valence-corrected chi connectivity index (χ4v) is 4.14. The summed E-state index contributed by atoms with van der Waals surface area (Å²) in [6.45, 7) is 0. The molecule has 2 aliphatic rings. The van der Waals surface area contributed by atoms with Gasteiger partial charge in [0, 0.05) is 16.6 Å². The molecule has 21 heavy (non-hydrogen) atoms. The van der Waals surface area contributed by atoms with Crippen LogP contribution in [0.25, 0.3) is 17.0 Å². The summed E-state index contributed by atoms with van der Waals surface area (Å²) in [7, 11) is 0. The molecule has 0 radical (unpaired) electrons. The van der Waals surface area contributed by atoms with Gasteiger partial charge in [-0.25, -0.2) is 0 Å². The molecule has 0 saturated carbocycles. The Labute approximate surface area is 124 Å². The second-order valence-electron chi connectivity index (χ2n) is 6.10. The van der Waals surface area contributed by atoms with E-state index in [1.54, 1.807) is 11.3 Å². The molecule has 0 aliphatic heterocycles. The smallest absolute Gasteiger partial charge is 0.0781 e. The van der Waals surface area contributed by atoms with E-state index in [9.17, 15) is 0 Å². The van der Waals surface area contributed by atoms with E-state index in [0.717, 1.165) is 0 Å². The number of aromatic nitrogens is 1. The Morgan fingerprint density at radius 1 is 0.905 bits per heavy atom. The molecule has 3 aromatic rings. The molecule has 2 aromatic carbocycles. The fourth-order valence-electron chi connectivity index (χ4n) is 4.14. The predicted octanol–water partition coefficient (Wildman–Crippen LogP) is 4.75. The number of hydrogen-bond acceptors (Lipinski definition) is 0. The van der Waals surface area contributed by atoms with Crippen molar-refractivity contribution in [3.63, 3.8) is 0 Å². The molecule has 0 N–H and O–H groups in total. The highest BCUT2D eigenvalue weighted by Gasteiger charge is 2.27. The van der Waals surface area contributed by atoms with E-state index in [2.05, 4.69) is 65.3 Å². The molecule has 1 atom stereocenters. The van der Waals surface area contributed by atoms with Gasteiger partial charge in [0.05, 0.1) is 6.04 Å². The zero-order valence-electron chi connectivity index (χ0n) is 11.9. The molecule has 0 spiro atoms. The lowest BCUT2D eigenvalue weighted by molar-refractivity contribution is 0.696. The Bertz CT molecular complexity index is 882. The topological polar surface area (TPSA) is 4.93 Å². The van der Waals surface area contributed by atoms with Gasteiger partial charge in [-0.3, -0.25) is 0 Å². The van der Waals surface area contributed by atoms with Gasteiger partial charge in [0.1, 0.15) is 0 Å².